The number of halogens is 1. The summed E-state index contributed by atoms with van der Waals surface area (Å²) in [5.74, 6) is -0.869. The fraction of sp³-hybridized carbons (Fsp3) is 0.312. The van der Waals surface area contributed by atoms with E-state index in [0.29, 0.717) is 20.6 Å². The first kappa shape index (κ1) is 17.4. The maximum absolute atomic E-state index is 12.4. The smallest absolute Gasteiger partial charge is 0.330 e. The van der Waals surface area contributed by atoms with Gasteiger partial charge in [-0.2, -0.15) is 0 Å². The Morgan fingerprint density at radius 3 is 2.65 bits per heavy atom. The largest absolute Gasteiger partial charge is 0.467 e. The number of nitrogens with zero attached hydrogens (tertiary/aromatic N) is 1. The molecule has 0 aliphatic carbocycles. The third-order valence-corrected chi connectivity index (χ3v) is 4.64. The van der Waals surface area contributed by atoms with Gasteiger partial charge in [0.25, 0.3) is 5.91 Å². The second kappa shape index (κ2) is 6.68. The van der Waals surface area contributed by atoms with Gasteiger partial charge in [0.05, 0.1) is 12.8 Å². The van der Waals surface area contributed by atoms with Gasteiger partial charge in [0.15, 0.2) is 0 Å². The van der Waals surface area contributed by atoms with E-state index in [1.54, 1.807) is 32.9 Å². The molecule has 1 aromatic carbocycles. The number of carbonyl (C=O) groups is 2. The van der Waals surface area contributed by atoms with Crippen LogP contribution < -0.4 is 5.32 Å². The molecule has 2 rings (SSSR count). The monoisotopic (exact) mass is 352 g/mol. The van der Waals surface area contributed by atoms with Crippen molar-refractivity contribution in [3.8, 4) is 10.6 Å². The summed E-state index contributed by atoms with van der Waals surface area (Å²) in [6.07, 6.45) is 0. The number of aromatic nitrogens is 1. The molecule has 0 saturated carbocycles. The van der Waals surface area contributed by atoms with E-state index in [2.05, 4.69) is 15.0 Å². The van der Waals surface area contributed by atoms with Crippen molar-refractivity contribution in [3.05, 3.63) is 39.9 Å². The normalized spacial score (nSPS) is 11.2. The van der Waals surface area contributed by atoms with Crippen LogP contribution in [0.1, 0.15) is 29.2 Å². The van der Waals surface area contributed by atoms with E-state index >= 15 is 0 Å². The van der Waals surface area contributed by atoms with Crippen molar-refractivity contribution in [2.75, 3.05) is 7.11 Å². The van der Waals surface area contributed by atoms with Gasteiger partial charge in [-0.05, 0) is 32.9 Å². The first-order chi connectivity index (χ1) is 10.7. The lowest BCUT2D eigenvalue weighted by Crippen LogP contribution is -2.50. The standard InChI is InChI=1S/C16H17ClN2O3S/c1-9-12(13(20)19-16(2,3)15(21)22-4)23-14(18-9)10-6-5-7-11(17)8-10/h5-8H,1-4H3,(H,19,20). The van der Waals surface area contributed by atoms with Crippen LogP contribution >= 0.6 is 22.9 Å². The number of methoxy groups -OCH3 is 1. The molecule has 122 valence electrons. The molecule has 0 fully saturated rings. The van der Waals surface area contributed by atoms with Crippen LogP contribution in [0, 0.1) is 6.92 Å². The summed E-state index contributed by atoms with van der Waals surface area (Å²) in [6.45, 7) is 4.93. The molecular weight excluding hydrogens is 336 g/mol. The zero-order valence-electron chi connectivity index (χ0n) is 13.3. The highest BCUT2D eigenvalue weighted by Gasteiger charge is 2.32. The van der Waals surface area contributed by atoms with Crippen LogP contribution in [0.25, 0.3) is 10.6 Å². The Balaban J connectivity index is 2.28. The van der Waals surface area contributed by atoms with E-state index < -0.39 is 11.5 Å². The molecule has 5 nitrogen and oxygen atoms in total. The Kier molecular flexibility index (Phi) is 5.06. The van der Waals surface area contributed by atoms with Crippen LogP contribution in [0.3, 0.4) is 0 Å². The quantitative estimate of drug-likeness (QED) is 0.856. The van der Waals surface area contributed by atoms with E-state index in [4.69, 9.17) is 11.6 Å². The molecule has 0 aliphatic heterocycles. The molecule has 0 spiro atoms. The fourth-order valence-electron chi connectivity index (χ4n) is 2.00. The maximum Gasteiger partial charge on any atom is 0.330 e. The second-order valence-electron chi connectivity index (χ2n) is 5.51. The Morgan fingerprint density at radius 1 is 1.35 bits per heavy atom. The van der Waals surface area contributed by atoms with Gasteiger partial charge in [0, 0.05) is 10.6 Å². The summed E-state index contributed by atoms with van der Waals surface area (Å²) in [4.78, 5) is 29.0. The van der Waals surface area contributed by atoms with Gasteiger partial charge < -0.3 is 10.1 Å². The molecule has 1 N–H and O–H groups in total. The first-order valence-corrected chi connectivity index (χ1v) is 8.08. The van der Waals surface area contributed by atoms with Gasteiger partial charge in [-0.15, -0.1) is 11.3 Å². The number of esters is 1. The van der Waals surface area contributed by atoms with Crippen LogP contribution in [-0.4, -0.2) is 29.5 Å². The number of hydrogen-bond donors (Lipinski definition) is 1. The highest BCUT2D eigenvalue weighted by atomic mass is 35.5. The molecule has 23 heavy (non-hydrogen) atoms. The summed E-state index contributed by atoms with van der Waals surface area (Å²) in [7, 11) is 1.28. The second-order valence-corrected chi connectivity index (χ2v) is 6.95. The lowest BCUT2D eigenvalue weighted by molar-refractivity contribution is -0.146. The number of carbonyl (C=O) groups excluding carboxylic acids is 2. The molecule has 0 radical (unpaired) electrons. The van der Waals surface area contributed by atoms with Gasteiger partial charge in [-0.1, -0.05) is 23.7 Å². The predicted molar refractivity (Wildman–Crippen MR) is 90.9 cm³/mol. The third kappa shape index (κ3) is 3.89. The molecule has 7 heteroatoms. The van der Waals surface area contributed by atoms with Crippen LogP contribution in [-0.2, 0) is 9.53 Å². The molecule has 0 atom stereocenters. The molecule has 1 amide bonds. The van der Waals surface area contributed by atoms with E-state index in [1.165, 1.54) is 18.4 Å². The summed E-state index contributed by atoms with van der Waals surface area (Å²) in [5, 5.41) is 3.98. The average Bonchev–Trinajstić information content (AvgIpc) is 2.88. The summed E-state index contributed by atoms with van der Waals surface area (Å²) in [6, 6.07) is 7.27. The molecule has 0 aliphatic rings. The number of nitrogens with one attached hydrogen (secondary N) is 1. The number of amides is 1. The molecule has 1 heterocycles. The fourth-order valence-corrected chi connectivity index (χ4v) is 3.15. The lowest BCUT2D eigenvalue weighted by atomic mass is 10.1. The predicted octanol–water partition coefficient (Wildman–Crippen LogP) is 3.45. The number of ether oxygens (including phenoxy) is 1. The number of thiazole rings is 1. The van der Waals surface area contributed by atoms with Crippen molar-refractivity contribution in [2.45, 2.75) is 26.3 Å². The SMILES string of the molecule is COC(=O)C(C)(C)NC(=O)c1sc(-c2cccc(Cl)c2)nc1C. The zero-order chi connectivity index (χ0) is 17.2. The van der Waals surface area contributed by atoms with Crippen molar-refractivity contribution in [1.29, 1.82) is 0 Å². The average molecular weight is 353 g/mol. The lowest BCUT2D eigenvalue weighted by Gasteiger charge is -2.22. The first-order valence-electron chi connectivity index (χ1n) is 6.89. The van der Waals surface area contributed by atoms with Gasteiger partial charge in [-0.25, -0.2) is 9.78 Å². The number of hydrogen-bond acceptors (Lipinski definition) is 5. The molecule has 0 bridgehead atoms. The summed E-state index contributed by atoms with van der Waals surface area (Å²) in [5.41, 5.74) is 0.332. The van der Waals surface area contributed by atoms with Crippen molar-refractivity contribution in [3.63, 3.8) is 0 Å². The van der Waals surface area contributed by atoms with E-state index in [9.17, 15) is 9.59 Å². The minimum Gasteiger partial charge on any atom is -0.467 e. The van der Waals surface area contributed by atoms with Crippen molar-refractivity contribution in [1.82, 2.24) is 10.3 Å². The number of aryl methyl sites for hydroxylation is 1. The van der Waals surface area contributed by atoms with Crippen LogP contribution in [0.5, 0.6) is 0 Å². The van der Waals surface area contributed by atoms with Gasteiger partial charge in [-0.3, -0.25) is 4.79 Å². The van der Waals surface area contributed by atoms with Crippen LogP contribution in [0.4, 0.5) is 0 Å². The Labute approximate surface area is 143 Å². The Morgan fingerprint density at radius 2 is 2.04 bits per heavy atom. The highest BCUT2D eigenvalue weighted by molar-refractivity contribution is 7.17. The third-order valence-electron chi connectivity index (χ3n) is 3.20. The van der Waals surface area contributed by atoms with Crippen LogP contribution in [0.2, 0.25) is 5.02 Å². The number of rotatable bonds is 4. The van der Waals surface area contributed by atoms with Crippen LogP contribution in [0.15, 0.2) is 24.3 Å². The van der Waals surface area contributed by atoms with E-state index in [-0.39, 0.29) is 5.91 Å². The molecule has 1 aromatic heterocycles. The summed E-state index contributed by atoms with van der Waals surface area (Å²) < 4.78 is 4.69. The van der Waals surface area contributed by atoms with E-state index in [1.807, 2.05) is 12.1 Å². The summed E-state index contributed by atoms with van der Waals surface area (Å²) >= 11 is 7.24. The topological polar surface area (TPSA) is 68.3 Å². The van der Waals surface area contributed by atoms with Gasteiger partial charge >= 0.3 is 5.97 Å². The van der Waals surface area contributed by atoms with Gasteiger partial charge in [0.2, 0.25) is 0 Å². The molecule has 0 saturated heterocycles. The van der Waals surface area contributed by atoms with E-state index in [0.717, 1.165) is 5.56 Å². The van der Waals surface area contributed by atoms with Crippen molar-refractivity contribution < 1.29 is 14.3 Å². The molecular formula is C16H17ClN2O3S. The molecule has 0 unspecified atom stereocenters. The number of benzene rings is 1. The molecule has 2 aromatic rings. The minimum absolute atomic E-state index is 0.358. The zero-order valence-corrected chi connectivity index (χ0v) is 14.8. The highest BCUT2D eigenvalue weighted by Crippen LogP contribution is 2.29. The Hall–Kier alpha value is -1.92. The van der Waals surface area contributed by atoms with Gasteiger partial charge in [0.1, 0.15) is 15.4 Å². The minimum atomic E-state index is -1.11. The van der Waals surface area contributed by atoms with Crippen molar-refractivity contribution in [2.24, 2.45) is 0 Å². The maximum atomic E-state index is 12.4. The Bertz CT molecular complexity index is 756. The van der Waals surface area contributed by atoms with Crippen molar-refractivity contribution >= 4 is 34.8 Å².